The third-order valence-electron chi connectivity index (χ3n) is 4.63. The maximum Gasteiger partial charge on any atom is 0.312 e. The SMILES string of the molecule is Cc1ccc(C(=O)c2c(C)cc3n2CCCCC3C(=O)O)cc1. The number of carboxylic acid groups (broad SMARTS) is 1. The van der Waals surface area contributed by atoms with Crippen LogP contribution in [0.4, 0.5) is 0 Å². The Labute approximate surface area is 135 Å². The molecular formula is C19H21NO3. The van der Waals surface area contributed by atoms with Crippen LogP contribution in [-0.4, -0.2) is 21.4 Å². The molecule has 1 aliphatic rings. The highest BCUT2D eigenvalue weighted by Gasteiger charge is 2.29. The number of aliphatic carboxylic acids is 1. The maximum absolute atomic E-state index is 12.9. The largest absolute Gasteiger partial charge is 0.481 e. The number of carboxylic acids is 1. The predicted octanol–water partition coefficient (Wildman–Crippen LogP) is 3.69. The summed E-state index contributed by atoms with van der Waals surface area (Å²) in [7, 11) is 0. The zero-order chi connectivity index (χ0) is 16.6. The zero-order valence-corrected chi connectivity index (χ0v) is 13.5. The van der Waals surface area contributed by atoms with Gasteiger partial charge in [-0.2, -0.15) is 0 Å². The van der Waals surface area contributed by atoms with Gasteiger partial charge in [0.1, 0.15) is 0 Å². The number of aromatic nitrogens is 1. The van der Waals surface area contributed by atoms with Crippen molar-refractivity contribution in [3.05, 3.63) is 58.4 Å². The molecule has 0 saturated heterocycles. The van der Waals surface area contributed by atoms with Crippen molar-refractivity contribution in [3.63, 3.8) is 0 Å². The molecule has 1 aromatic carbocycles. The molecule has 0 aliphatic carbocycles. The molecule has 0 spiro atoms. The van der Waals surface area contributed by atoms with Crippen molar-refractivity contribution in [2.24, 2.45) is 0 Å². The van der Waals surface area contributed by atoms with Gasteiger partial charge in [0.2, 0.25) is 5.78 Å². The van der Waals surface area contributed by atoms with Crippen LogP contribution in [0.3, 0.4) is 0 Å². The summed E-state index contributed by atoms with van der Waals surface area (Å²) in [6.07, 6.45) is 2.41. The Morgan fingerprint density at radius 3 is 2.48 bits per heavy atom. The lowest BCUT2D eigenvalue weighted by atomic mass is 9.99. The molecule has 4 heteroatoms. The van der Waals surface area contributed by atoms with Crippen LogP contribution in [0.15, 0.2) is 30.3 Å². The van der Waals surface area contributed by atoms with Gasteiger partial charge in [0, 0.05) is 17.8 Å². The Balaban J connectivity index is 2.08. The van der Waals surface area contributed by atoms with Gasteiger partial charge in [-0.15, -0.1) is 0 Å². The van der Waals surface area contributed by atoms with Gasteiger partial charge >= 0.3 is 5.97 Å². The fourth-order valence-corrected chi connectivity index (χ4v) is 3.40. The van der Waals surface area contributed by atoms with Crippen molar-refractivity contribution in [1.82, 2.24) is 4.57 Å². The Bertz CT molecular complexity index is 756. The van der Waals surface area contributed by atoms with Gasteiger partial charge in [0.25, 0.3) is 0 Å². The van der Waals surface area contributed by atoms with E-state index in [1.807, 2.05) is 48.7 Å². The molecule has 1 N–H and O–H groups in total. The third kappa shape index (κ3) is 2.81. The number of hydrogen-bond acceptors (Lipinski definition) is 2. The number of rotatable bonds is 3. The fourth-order valence-electron chi connectivity index (χ4n) is 3.40. The summed E-state index contributed by atoms with van der Waals surface area (Å²) in [5, 5.41) is 9.50. The van der Waals surface area contributed by atoms with E-state index in [1.165, 1.54) is 0 Å². The maximum atomic E-state index is 12.9. The Morgan fingerprint density at radius 2 is 1.83 bits per heavy atom. The smallest absolute Gasteiger partial charge is 0.312 e. The number of nitrogens with zero attached hydrogens (tertiary/aromatic N) is 1. The quantitative estimate of drug-likeness (QED) is 0.880. The molecular weight excluding hydrogens is 290 g/mol. The molecule has 23 heavy (non-hydrogen) atoms. The first kappa shape index (κ1) is 15.5. The van der Waals surface area contributed by atoms with E-state index in [1.54, 1.807) is 0 Å². The molecule has 2 aromatic rings. The molecule has 0 radical (unpaired) electrons. The molecule has 0 saturated carbocycles. The second-order valence-corrected chi connectivity index (χ2v) is 6.33. The molecule has 1 atom stereocenters. The van der Waals surface area contributed by atoms with E-state index in [-0.39, 0.29) is 5.78 Å². The van der Waals surface area contributed by atoms with E-state index in [4.69, 9.17) is 0 Å². The van der Waals surface area contributed by atoms with Crippen molar-refractivity contribution in [2.75, 3.05) is 0 Å². The van der Waals surface area contributed by atoms with Crippen LogP contribution in [0.2, 0.25) is 0 Å². The topological polar surface area (TPSA) is 59.3 Å². The van der Waals surface area contributed by atoms with Gasteiger partial charge in [0.15, 0.2) is 0 Å². The molecule has 1 unspecified atom stereocenters. The standard InChI is InChI=1S/C19H21NO3/c1-12-6-8-14(9-7-12)18(21)17-13(2)11-16-15(19(22)23)5-3-4-10-20(16)17/h6-9,11,15H,3-5,10H2,1-2H3,(H,22,23). The van der Waals surface area contributed by atoms with Crippen molar-refractivity contribution in [3.8, 4) is 0 Å². The predicted molar refractivity (Wildman–Crippen MR) is 88.0 cm³/mol. The number of ketones is 1. The van der Waals surface area contributed by atoms with E-state index in [0.717, 1.165) is 29.7 Å². The summed E-state index contributed by atoms with van der Waals surface area (Å²) in [6, 6.07) is 9.40. The molecule has 120 valence electrons. The summed E-state index contributed by atoms with van der Waals surface area (Å²) in [4.78, 5) is 24.5. The highest BCUT2D eigenvalue weighted by molar-refractivity contribution is 6.09. The van der Waals surface area contributed by atoms with Crippen molar-refractivity contribution < 1.29 is 14.7 Å². The molecule has 0 fully saturated rings. The van der Waals surface area contributed by atoms with E-state index in [2.05, 4.69) is 0 Å². The minimum absolute atomic E-state index is 0.0280. The first-order valence-electron chi connectivity index (χ1n) is 8.03. The highest BCUT2D eigenvalue weighted by Crippen LogP contribution is 2.32. The number of fused-ring (bicyclic) bond motifs is 1. The first-order chi connectivity index (χ1) is 11.0. The zero-order valence-electron chi connectivity index (χ0n) is 13.5. The van der Waals surface area contributed by atoms with Crippen LogP contribution in [0.25, 0.3) is 0 Å². The summed E-state index contributed by atoms with van der Waals surface area (Å²) >= 11 is 0. The fraction of sp³-hybridized carbons (Fsp3) is 0.368. The minimum atomic E-state index is -0.806. The normalized spacial score (nSPS) is 17.4. The summed E-state index contributed by atoms with van der Waals surface area (Å²) in [5.41, 5.74) is 4.02. The van der Waals surface area contributed by atoms with Crippen LogP contribution in [0.5, 0.6) is 0 Å². The van der Waals surface area contributed by atoms with Gasteiger partial charge in [-0.1, -0.05) is 36.2 Å². The third-order valence-corrected chi connectivity index (χ3v) is 4.63. The van der Waals surface area contributed by atoms with Crippen molar-refractivity contribution in [2.45, 2.75) is 45.6 Å². The van der Waals surface area contributed by atoms with Crippen LogP contribution in [0, 0.1) is 13.8 Å². The number of carbonyl (C=O) groups is 2. The monoisotopic (exact) mass is 311 g/mol. The van der Waals surface area contributed by atoms with E-state index < -0.39 is 11.9 Å². The van der Waals surface area contributed by atoms with Crippen molar-refractivity contribution >= 4 is 11.8 Å². The highest BCUT2D eigenvalue weighted by atomic mass is 16.4. The molecule has 1 aliphatic heterocycles. The second-order valence-electron chi connectivity index (χ2n) is 6.33. The van der Waals surface area contributed by atoms with Gasteiger partial charge in [-0.05, 0) is 38.3 Å². The van der Waals surface area contributed by atoms with Gasteiger partial charge in [0.05, 0.1) is 11.6 Å². The molecule has 0 amide bonds. The van der Waals surface area contributed by atoms with Crippen LogP contribution in [-0.2, 0) is 11.3 Å². The molecule has 2 heterocycles. The first-order valence-corrected chi connectivity index (χ1v) is 8.03. The minimum Gasteiger partial charge on any atom is -0.481 e. The summed E-state index contributed by atoms with van der Waals surface area (Å²) in [6.45, 7) is 4.59. The van der Waals surface area contributed by atoms with E-state index in [0.29, 0.717) is 24.2 Å². The molecule has 4 nitrogen and oxygen atoms in total. The Morgan fingerprint density at radius 1 is 1.13 bits per heavy atom. The van der Waals surface area contributed by atoms with Gasteiger partial charge in [-0.3, -0.25) is 9.59 Å². The lowest BCUT2D eigenvalue weighted by Crippen LogP contribution is -2.17. The molecule has 3 rings (SSSR count). The Hall–Kier alpha value is -2.36. The summed E-state index contributed by atoms with van der Waals surface area (Å²) in [5.74, 6) is -1.35. The number of aryl methyl sites for hydroxylation is 2. The van der Waals surface area contributed by atoms with Crippen molar-refractivity contribution in [1.29, 1.82) is 0 Å². The lowest BCUT2D eigenvalue weighted by molar-refractivity contribution is -0.139. The number of hydrogen-bond donors (Lipinski definition) is 1. The van der Waals surface area contributed by atoms with Gasteiger partial charge in [-0.25, -0.2) is 0 Å². The molecule has 0 bridgehead atoms. The molecule has 1 aromatic heterocycles. The number of benzene rings is 1. The van der Waals surface area contributed by atoms with Crippen LogP contribution >= 0.6 is 0 Å². The van der Waals surface area contributed by atoms with E-state index in [9.17, 15) is 14.7 Å². The van der Waals surface area contributed by atoms with Crippen LogP contribution < -0.4 is 0 Å². The Kier molecular flexibility index (Phi) is 4.07. The average Bonchev–Trinajstić information content (AvgIpc) is 2.69. The van der Waals surface area contributed by atoms with Crippen LogP contribution in [0.1, 0.15) is 58.1 Å². The van der Waals surface area contributed by atoms with Gasteiger partial charge < -0.3 is 9.67 Å². The summed E-state index contributed by atoms with van der Waals surface area (Å²) < 4.78 is 1.93. The lowest BCUT2D eigenvalue weighted by Gasteiger charge is -2.13. The van der Waals surface area contributed by atoms with E-state index >= 15 is 0 Å². The second kappa shape index (κ2) is 6.03. The average molecular weight is 311 g/mol. The number of carbonyl (C=O) groups excluding carboxylic acids is 1.